The van der Waals surface area contributed by atoms with Gasteiger partial charge in [-0.25, -0.2) is 4.79 Å². The number of hydrogen-bond donors (Lipinski definition) is 1. The Hall–Kier alpha value is -2.01. The van der Waals surface area contributed by atoms with Gasteiger partial charge in [-0.2, -0.15) is 0 Å². The van der Waals surface area contributed by atoms with Crippen molar-refractivity contribution in [3.8, 4) is 0 Å². The Morgan fingerprint density at radius 2 is 2.10 bits per heavy atom. The third-order valence-electron chi connectivity index (χ3n) is 3.49. The molecule has 1 aliphatic carbocycles. The summed E-state index contributed by atoms with van der Waals surface area (Å²) in [6.45, 7) is 0.385. The summed E-state index contributed by atoms with van der Waals surface area (Å²) in [4.78, 5) is 23.2. The predicted molar refractivity (Wildman–Crippen MR) is 76.0 cm³/mol. The summed E-state index contributed by atoms with van der Waals surface area (Å²) >= 11 is 6.13. The molecule has 6 heteroatoms. The van der Waals surface area contributed by atoms with E-state index in [0.29, 0.717) is 23.2 Å². The Morgan fingerprint density at radius 3 is 2.70 bits per heavy atom. The molecular weight excluding hydrogens is 278 g/mol. The molecule has 0 radical (unpaired) electrons. The van der Waals surface area contributed by atoms with E-state index in [1.165, 1.54) is 6.07 Å². The normalized spacial score (nSPS) is 14.4. The van der Waals surface area contributed by atoms with Crippen LogP contribution in [0.1, 0.15) is 34.8 Å². The Labute approximate surface area is 120 Å². The van der Waals surface area contributed by atoms with Crippen LogP contribution in [-0.2, 0) is 6.54 Å². The van der Waals surface area contributed by atoms with E-state index in [1.807, 2.05) is 6.20 Å². The second kappa shape index (κ2) is 4.83. The number of aromatic nitrogens is 2. The number of nitrogens with two attached hydrogens (primary N) is 1. The molecule has 1 saturated carbocycles. The lowest BCUT2D eigenvalue weighted by Crippen LogP contribution is -2.24. The van der Waals surface area contributed by atoms with E-state index in [0.717, 1.165) is 18.4 Å². The van der Waals surface area contributed by atoms with Gasteiger partial charge in [0, 0.05) is 29.0 Å². The molecule has 1 heterocycles. The van der Waals surface area contributed by atoms with Crippen molar-refractivity contribution in [2.45, 2.75) is 25.4 Å². The van der Waals surface area contributed by atoms with E-state index >= 15 is 0 Å². The van der Waals surface area contributed by atoms with Gasteiger partial charge in [-0.05, 0) is 30.5 Å². The largest absolute Gasteiger partial charge is 0.366 e. The van der Waals surface area contributed by atoms with Gasteiger partial charge in [0.15, 0.2) is 0 Å². The van der Waals surface area contributed by atoms with Crippen molar-refractivity contribution in [2.75, 3.05) is 0 Å². The molecule has 0 unspecified atom stereocenters. The molecule has 0 aliphatic heterocycles. The van der Waals surface area contributed by atoms with Gasteiger partial charge in [-0.15, -0.1) is 0 Å². The molecule has 2 aromatic rings. The fraction of sp³-hybridized carbons (Fsp3) is 0.286. The highest BCUT2D eigenvalue weighted by Gasteiger charge is 2.25. The lowest BCUT2D eigenvalue weighted by molar-refractivity contribution is 0.100. The summed E-state index contributed by atoms with van der Waals surface area (Å²) in [5.41, 5.74) is 6.32. The van der Waals surface area contributed by atoms with Gasteiger partial charge in [-0.3, -0.25) is 13.9 Å². The SMILES string of the molecule is NC(=O)c1ccc(Cn2ccn(C3CC3)c2=O)c(Cl)c1. The van der Waals surface area contributed by atoms with Gasteiger partial charge >= 0.3 is 5.69 Å². The van der Waals surface area contributed by atoms with Crippen LogP contribution in [0.25, 0.3) is 0 Å². The maximum atomic E-state index is 12.1. The molecule has 0 spiro atoms. The fourth-order valence-electron chi connectivity index (χ4n) is 2.19. The van der Waals surface area contributed by atoms with Gasteiger partial charge < -0.3 is 5.73 Å². The van der Waals surface area contributed by atoms with Gasteiger partial charge in [0.05, 0.1) is 6.54 Å². The second-order valence-corrected chi connectivity index (χ2v) is 5.42. The first-order valence-corrected chi connectivity index (χ1v) is 6.79. The van der Waals surface area contributed by atoms with Crippen LogP contribution < -0.4 is 11.4 Å². The van der Waals surface area contributed by atoms with Crippen molar-refractivity contribution in [2.24, 2.45) is 5.73 Å². The topological polar surface area (TPSA) is 70.0 Å². The third-order valence-corrected chi connectivity index (χ3v) is 3.84. The van der Waals surface area contributed by atoms with Crippen molar-refractivity contribution in [1.82, 2.24) is 9.13 Å². The summed E-state index contributed by atoms with van der Waals surface area (Å²) in [5, 5.41) is 0.437. The summed E-state index contributed by atoms with van der Waals surface area (Å²) < 4.78 is 3.37. The molecule has 3 rings (SSSR count). The number of carbonyl (C=O) groups excluding carboxylic acids is 1. The fourth-order valence-corrected chi connectivity index (χ4v) is 2.43. The molecule has 1 aromatic carbocycles. The monoisotopic (exact) mass is 291 g/mol. The lowest BCUT2D eigenvalue weighted by atomic mass is 10.1. The van der Waals surface area contributed by atoms with E-state index in [-0.39, 0.29) is 5.69 Å². The number of amides is 1. The number of nitrogens with zero attached hydrogens (tertiary/aromatic N) is 2. The highest BCUT2D eigenvalue weighted by atomic mass is 35.5. The number of primary amides is 1. The predicted octanol–water partition coefficient (Wildman–Crippen LogP) is 1.79. The third kappa shape index (κ3) is 2.36. The summed E-state index contributed by atoms with van der Waals surface area (Å²) in [7, 11) is 0. The van der Waals surface area contributed by atoms with Gasteiger partial charge in [0.25, 0.3) is 0 Å². The van der Waals surface area contributed by atoms with Crippen LogP contribution in [-0.4, -0.2) is 15.0 Å². The summed E-state index contributed by atoms with van der Waals surface area (Å²) in [5.74, 6) is -0.518. The van der Waals surface area contributed by atoms with Crippen molar-refractivity contribution in [3.63, 3.8) is 0 Å². The number of benzene rings is 1. The molecule has 1 aliphatic rings. The van der Waals surface area contributed by atoms with Crippen LogP contribution in [0.5, 0.6) is 0 Å². The summed E-state index contributed by atoms with van der Waals surface area (Å²) in [6, 6.07) is 5.23. The Bertz CT molecular complexity index is 728. The minimum Gasteiger partial charge on any atom is -0.366 e. The molecular formula is C14H14ClN3O2. The van der Waals surface area contributed by atoms with Crippen LogP contribution in [0.15, 0.2) is 35.4 Å². The average molecular weight is 292 g/mol. The van der Waals surface area contributed by atoms with Gasteiger partial charge in [0.2, 0.25) is 5.91 Å². The molecule has 1 aromatic heterocycles. The average Bonchev–Trinajstić information content (AvgIpc) is 3.18. The molecule has 0 atom stereocenters. The molecule has 1 amide bonds. The quantitative estimate of drug-likeness (QED) is 0.933. The van der Waals surface area contributed by atoms with Crippen LogP contribution in [0.2, 0.25) is 5.02 Å². The number of imidazole rings is 1. The van der Waals surface area contributed by atoms with E-state index in [2.05, 4.69) is 0 Å². The first kappa shape index (κ1) is 13.0. The van der Waals surface area contributed by atoms with Crippen LogP contribution >= 0.6 is 11.6 Å². The van der Waals surface area contributed by atoms with E-state index in [4.69, 9.17) is 17.3 Å². The number of halogens is 1. The zero-order valence-corrected chi connectivity index (χ0v) is 11.5. The molecule has 2 N–H and O–H groups in total. The van der Waals surface area contributed by atoms with Crippen LogP contribution in [0, 0.1) is 0 Å². The maximum absolute atomic E-state index is 12.1. The Kier molecular flexibility index (Phi) is 3.14. The minimum absolute atomic E-state index is 0.0254. The van der Waals surface area contributed by atoms with Crippen molar-refractivity contribution in [3.05, 3.63) is 57.2 Å². The number of carbonyl (C=O) groups is 1. The van der Waals surface area contributed by atoms with E-state index in [1.54, 1.807) is 27.5 Å². The van der Waals surface area contributed by atoms with Gasteiger partial charge in [0.1, 0.15) is 0 Å². The number of hydrogen-bond acceptors (Lipinski definition) is 2. The van der Waals surface area contributed by atoms with Crippen molar-refractivity contribution < 1.29 is 4.79 Å². The van der Waals surface area contributed by atoms with E-state index < -0.39 is 5.91 Å². The summed E-state index contributed by atoms with van der Waals surface area (Å²) in [6.07, 6.45) is 5.71. The second-order valence-electron chi connectivity index (χ2n) is 5.02. The molecule has 20 heavy (non-hydrogen) atoms. The highest BCUT2D eigenvalue weighted by Crippen LogP contribution is 2.33. The molecule has 0 bridgehead atoms. The number of rotatable bonds is 4. The smallest absolute Gasteiger partial charge is 0.328 e. The molecule has 104 valence electrons. The lowest BCUT2D eigenvalue weighted by Gasteiger charge is -2.06. The van der Waals surface area contributed by atoms with E-state index in [9.17, 15) is 9.59 Å². The molecule has 0 saturated heterocycles. The standard InChI is InChI=1S/C14H14ClN3O2/c15-12-7-9(13(16)19)1-2-10(12)8-17-5-6-18(14(17)20)11-3-4-11/h1-2,5-7,11H,3-4,8H2,(H2,16,19). The highest BCUT2D eigenvalue weighted by molar-refractivity contribution is 6.31. The first-order chi connectivity index (χ1) is 9.56. The maximum Gasteiger partial charge on any atom is 0.328 e. The zero-order valence-electron chi connectivity index (χ0n) is 10.8. The van der Waals surface area contributed by atoms with Crippen LogP contribution in [0.4, 0.5) is 0 Å². The molecule has 1 fully saturated rings. The first-order valence-electron chi connectivity index (χ1n) is 6.42. The van der Waals surface area contributed by atoms with Gasteiger partial charge in [-0.1, -0.05) is 17.7 Å². The van der Waals surface area contributed by atoms with Crippen molar-refractivity contribution in [1.29, 1.82) is 0 Å². The van der Waals surface area contributed by atoms with Crippen molar-refractivity contribution >= 4 is 17.5 Å². The zero-order chi connectivity index (χ0) is 14.3. The Balaban J connectivity index is 1.87. The minimum atomic E-state index is -0.518. The van der Waals surface area contributed by atoms with Crippen LogP contribution in [0.3, 0.4) is 0 Å². The molecule has 5 nitrogen and oxygen atoms in total. The Morgan fingerprint density at radius 1 is 1.35 bits per heavy atom.